The molecule has 0 heterocycles. The van der Waals surface area contributed by atoms with Gasteiger partial charge in [-0.1, -0.05) is 54.1 Å². The molecule has 0 saturated carbocycles. The Morgan fingerprint density at radius 1 is 1.08 bits per heavy atom. The van der Waals surface area contributed by atoms with E-state index >= 15 is 0 Å². The molecule has 2 aromatic carbocycles. The van der Waals surface area contributed by atoms with Crippen LogP contribution in [-0.2, 0) is 9.59 Å². The third-order valence-corrected chi connectivity index (χ3v) is 3.87. The van der Waals surface area contributed by atoms with Crippen molar-refractivity contribution in [2.45, 2.75) is 25.3 Å². The van der Waals surface area contributed by atoms with Gasteiger partial charge in [-0.2, -0.15) is 0 Å². The van der Waals surface area contributed by atoms with E-state index in [2.05, 4.69) is 5.32 Å². The van der Waals surface area contributed by atoms with Gasteiger partial charge in [-0.3, -0.25) is 9.59 Å². The number of amides is 1. The number of benzene rings is 2. The van der Waals surface area contributed by atoms with Crippen LogP contribution in [0.5, 0.6) is 5.75 Å². The Labute approximate surface area is 151 Å². The van der Waals surface area contributed by atoms with E-state index in [1.165, 1.54) is 0 Å². The highest BCUT2D eigenvalue weighted by molar-refractivity contribution is 6.32. The molecule has 0 saturated heterocycles. The first-order valence-electron chi connectivity index (χ1n) is 7.99. The van der Waals surface area contributed by atoms with Crippen molar-refractivity contribution in [3.8, 4) is 5.75 Å². The standard InChI is InChI=1S/C19H20ClNO4/c20-15-9-4-5-10-17(15)25-12-6-11-18(22)21-16(13-19(23)24)14-7-2-1-3-8-14/h1-5,7-10,16H,6,11-13H2,(H,21,22)(H,23,24). The van der Waals surface area contributed by atoms with Gasteiger partial charge in [0.1, 0.15) is 5.75 Å². The smallest absolute Gasteiger partial charge is 0.305 e. The van der Waals surface area contributed by atoms with E-state index < -0.39 is 12.0 Å². The van der Waals surface area contributed by atoms with Crippen molar-refractivity contribution in [1.29, 1.82) is 0 Å². The molecule has 6 heteroatoms. The van der Waals surface area contributed by atoms with Crippen LogP contribution < -0.4 is 10.1 Å². The van der Waals surface area contributed by atoms with Gasteiger partial charge in [-0.05, 0) is 24.1 Å². The number of para-hydroxylation sites is 1. The molecule has 0 bridgehead atoms. The molecule has 25 heavy (non-hydrogen) atoms. The molecule has 0 aliphatic rings. The minimum atomic E-state index is -0.962. The predicted octanol–water partition coefficient (Wildman–Crippen LogP) is 3.83. The topological polar surface area (TPSA) is 75.6 Å². The van der Waals surface area contributed by atoms with Gasteiger partial charge < -0.3 is 15.2 Å². The number of carboxylic acid groups (broad SMARTS) is 1. The minimum Gasteiger partial charge on any atom is -0.492 e. The van der Waals surface area contributed by atoms with Crippen LogP contribution in [0.2, 0.25) is 5.02 Å². The number of carboxylic acids is 1. The molecule has 1 unspecified atom stereocenters. The number of carbonyl (C=O) groups excluding carboxylic acids is 1. The number of halogens is 1. The molecule has 2 N–H and O–H groups in total. The summed E-state index contributed by atoms with van der Waals surface area (Å²) in [5.74, 6) is -0.591. The summed E-state index contributed by atoms with van der Waals surface area (Å²) < 4.78 is 5.54. The summed E-state index contributed by atoms with van der Waals surface area (Å²) in [5, 5.41) is 12.3. The van der Waals surface area contributed by atoms with E-state index in [1.807, 2.05) is 30.3 Å². The third-order valence-electron chi connectivity index (χ3n) is 3.56. The highest BCUT2D eigenvalue weighted by Crippen LogP contribution is 2.23. The molecule has 1 atom stereocenters. The fourth-order valence-corrected chi connectivity index (χ4v) is 2.55. The third kappa shape index (κ3) is 6.47. The lowest BCUT2D eigenvalue weighted by Gasteiger charge is -2.17. The monoisotopic (exact) mass is 361 g/mol. The lowest BCUT2D eigenvalue weighted by atomic mass is 10.0. The summed E-state index contributed by atoms with van der Waals surface area (Å²) in [6.45, 7) is 0.353. The highest BCUT2D eigenvalue weighted by Gasteiger charge is 2.17. The fraction of sp³-hybridized carbons (Fsp3) is 0.263. The predicted molar refractivity (Wildman–Crippen MR) is 95.8 cm³/mol. The molecule has 1 amide bonds. The van der Waals surface area contributed by atoms with Crippen LogP contribution in [0.4, 0.5) is 0 Å². The molecule has 132 valence electrons. The number of ether oxygens (including phenoxy) is 1. The van der Waals surface area contributed by atoms with E-state index in [9.17, 15) is 9.59 Å². The van der Waals surface area contributed by atoms with Gasteiger partial charge >= 0.3 is 5.97 Å². The van der Waals surface area contributed by atoms with Crippen LogP contribution in [0, 0.1) is 0 Å². The number of aliphatic carboxylic acids is 1. The Balaban J connectivity index is 1.81. The number of nitrogens with one attached hydrogen (secondary N) is 1. The summed E-state index contributed by atoms with van der Waals surface area (Å²) in [6.07, 6.45) is 0.588. The largest absolute Gasteiger partial charge is 0.492 e. The maximum Gasteiger partial charge on any atom is 0.305 e. The number of rotatable bonds is 9. The Morgan fingerprint density at radius 3 is 2.44 bits per heavy atom. The first-order valence-corrected chi connectivity index (χ1v) is 8.37. The van der Waals surface area contributed by atoms with Gasteiger partial charge in [0, 0.05) is 6.42 Å². The summed E-state index contributed by atoms with van der Waals surface area (Å²) >= 11 is 5.99. The molecule has 0 aliphatic carbocycles. The van der Waals surface area contributed by atoms with Crippen LogP contribution >= 0.6 is 11.6 Å². The van der Waals surface area contributed by atoms with Crippen LogP contribution in [0.1, 0.15) is 30.9 Å². The zero-order chi connectivity index (χ0) is 18.1. The van der Waals surface area contributed by atoms with Crippen molar-refractivity contribution in [2.75, 3.05) is 6.61 Å². The van der Waals surface area contributed by atoms with Crippen LogP contribution in [0.15, 0.2) is 54.6 Å². The van der Waals surface area contributed by atoms with Crippen molar-refractivity contribution in [1.82, 2.24) is 5.32 Å². The van der Waals surface area contributed by atoms with Crippen molar-refractivity contribution in [2.24, 2.45) is 0 Å². The molecule has 2 aromatic rings. The Bertz CT molecular complexity index is 706. The zero-order valence-electron chi connectivity index (χ0n) is 13.7. The van der Waals surface area contributed by atoms with E-state index in [-0.39, 0.29) is 18.7 Å². The average molecular weight is 362 g/mol. The van der Waals surface area contributed by atoms with Gasteiger partial charge in [0.25, 0.3) is 0 Å². The van der Waals surface area contributed by atoms with Gasteiger partial charge in [0.2, 0.25) is 5.91 Å². The maximum absolute atomic E-state index is 12.1. The second-order valence-electron chi connectivity index (χ2n) is 5.51. The molecule has 0 spiro atoms. The first kappa shape index (κ1) is 18.8. The lowest BCUT2D eigenvalue weighted by Crippen LogP contribution is -2.30. The molecule has 0 aromatic heterocycles. The van der Waals surface area contributed by atoms with Gasteiger partial charge in [0.15, 0.2) is 0 Å². The Hall–Kier alpha value is -2.53. The van der Waals surface area contributed by atoms with Crippen LogP contribution in [-0.4, -0.2) is 23.6 Å². The summed E-state index contributed by atoms with van der Waals surface area (Å²) in [5.41, 5.74) is 0.769. The van der Waals surface area contributed by atoms with Crippen molar-refractivity contribution in [3.05, 3.63) is 65.2 Å². The van der Waals surface area contributed by atoms with Gasteiger partial charge in [-0.15, -0.1) is 0 Å². The molecule has 0 radical (unpaired) electrons. The lowest BCUT2D eigenvalue weighted by molar-refractivity contribution is -0.137. The highest BCUT2D eigenvalue weighted by atomic mass is 35.5. The summed E-state index contributed by atoms with van der Waals surface area (Å²) in [7, 11) is 0. The van der Waals surface area contributed by atoms with E-state index in [1.54, 1.807) is 24.3 Å². The second-order valence-corrected chi connectivity index (χ2v) is 5.92. The number of hydrogen-bond acceptors (Lipinski definition) is 3. The SMILES string of the molecule is O=C(O)CC(NC(=O)CCCOc1ccccc1Cl)c1ccccc1. The molecule has 2 rings (SSSR count). The second kappa shape index (κ2) is 9.69. The van der Waals surface area contributed by atoms with Crippen molar-refractivity contribution >= 4 is 23.5 Å². The quantitative estimate of drug-likeness (QED) is 0.665. The van der Waals surface area contributed by atoms with Gasteiger partial charge in [-0.25, -0.2) is 0 Å². The molecule has 5 nitrogen and oxygen atoms in total. The van der Waals surface area contributed by atoms with Gasteiger partial charge in [0.05, 0.1) is 24.1 Å². The number of hydrogen-bond donors (Lipinski definition) is 2. The zero-order valence-corrected chi connectivity index (χ0v) is 14.4. The van der Waals surface area contributed by atoms with Crippen molar-refractivity contribution in [3.63, 3.8) is 0 Å². The maximum atomic E-state index is 12.1. The first-order chi connectivity index (χ1) is 12.1. The normalized spacial score (nSPS) is 11.6. The molecular weight excluding hydrogens is 342 g/mol. The number of carbonyl (C=O) groups is 2. The molecule has 0 fully saturated rings. The average Bonchev–Trinajstić information content (AvgIpc) is 2.60. The van der Waals surface area contributed by atoms with Crippen LogP contribution in [0.25, 0.3) is 0 Å². The Morgan fingerprint density at radius 2 is 1.76 bits per heavy atom. The van der Waals surface area contributed by atoms with E-state index in [4.69, 9.17) is 21.4 Å². The van der Waals surface area contributed by atoms with Crippen LogP contribution in [0.3, 0.4) is 0 Å². The summed E-state index contributed by atoms with van der Waals surface area (Å²) in [4.78, 5) is 23.1. The molecular formula is C19H20ClNO4. The van der Waals surface area contributed by atoms with E-state index in [0.29, 0.717) is 23.8 Å². The van der Waals surface area contributed by atoms with E-state index in [0.717, 1.165) is 5.56 Å². The Kier molecular flexibility index (Phi) is 7.29. The summed E-state index contributed by atoms with van der Waals surface area (Å²) in [6, 6.07) is 15.7. The minimum absolute atomic E-state index is 0.161. The molecule has 0 aliphatic heterocycles. The van der Waals surface area contributed by atoms with Crippen molar-refractivity contribution < 1.29 is 19.4 Å². The fourth-order valence-electron chi connectivity index (χ4n) is 2.36.